The Morgan fingerprint density at radius 1 is 0.565 bits per heavy atom. The van der Waals surface area contributed by atoms with Crippen molar-refractivity contribution in [2.45, 2.75) is 16.7 Å². The molecule has 0 fully saturated rings. The molecule has 3 aromatic rings. The molecule has 0 amide bonds. The minimum Gasteiger partial charge on any atom is -0.0936 e. The van der Waals surface area contributed by atoms with E-state index >= 15 is 0 Å². The summed E-state index contributed by atoms with van der Waals surface area (Å²) in [6.45, 7) is 2.20. The topological polar surface area (TPSA) is 0 Å². The average Bonchev–Trinajstić information content (AvgIpc) is 2.62. The maximum atomic E-state index is 2.20. The predicted octanol–water partition coefficient (Wildman–Crippen LogP) is 6.96. The van der Waals surface area contributed by atoms with E-state index in [4.69, 9.17) is 0 Å². The highest BCUT2D eigenvalue weighted by molar-refractivity contribution is 8.10. The lowest BCUT2D eigenvalue weighted by atomic mass is 10.2. The largest absolute Gasteiger partial charge is 0.0936 e. The molecule has 0 N–H and O–H groups in total. The molecule has 3 rings (SSSR count). The summed E-state index contributed by atoms with van der Waals surface area (Å²) in [6.07, 6.45) is 0. The smallest absolute Gasteiger partial charge is 0.0290 e. The Kier molecular flexibility index (Phi) is 5.62. The van der Waals surface area contributed by atoms with Gasteiger partial charge in [0.05, 0.1) is 0 Å². The molecule has 114 valence electrons. The quantitative estimate of drug-likeness (QED) is 0.462. The fraction of sp³-hybridized carbons (Fsp3) is 0.0476. The van der Waals surface area contributed by atoms with Gasteiger partial charge < -0.3 is 0 Å². The van der Waals surface area contributed by atoms with Crippen LogP contribution >= 0.6 is 23.5 Å². The summed E-state index contributed by atoms with van der Waals surface area (Å²) in [7, 11) is 0. The maximum Gasteiger partial charge on any atom is 0.0290 e. The van der Waals surface area contributed by atoms with Crippen molar-refractivity contribution in [3.05, 3.63) is 101 Å². The van der Waals surface area contributed by atoms with Gasteiger partial charge in [0.2, 0.25) is 0 Å². The van der Waals surface area contributed by atoms with Crippen molar-refractivity contribution in [1.29, 1.82) is 0 Å². The van der Waals surface area contributed by atoms with E-state index < -0.39 is 0 Å². The average molecular weight is 335 g/mol. The Morgan fingerprint density at radius 3 is 1.52 bits per heavy atom. The van der Waals surface area contributed by atoms with Crippen LogP contribution in [0, 0.1) is 0 Å². The van der Waals surface area contributed by atoms with Gasteiger partial charge in [0.25, 0.3) is 0 Å². The second-order valence-corrected chi connectivity index (χ2v) is 7.45. The van der Waals surface area contributed by atoms with E-state index in [1.165, 1.54) is 25.2 Å². The third kappa shape index (κ3) is 4.54. The van der Waals surface area contributed by atoms with Crippen LogP contribution in [0.25, 0.3) is 4.91 Å². The van der Waals surface area contributed by atoms with Gasteiger partial charge in [-0.1, -0.05) is 90.3 Å². The highest BCUT2D eigenvalue weighted by Gasteiger charge is 2.09. The number of hydrogen-bond donors (Lipinski definition) is 0. The predicted molar refractivity (Wildman–Crippen MR) is 104 cm³/mol. The molecule has 0 heterocycles. The van der Waals surface area contributed by atoms with Crippen LogP contribution in [0.3, 0.4) is 0 Å². The molecular weight excluding hydrogens is 316 g/mol. The van der Waals surface area contributed by atoms with Crippen molar-refractivity contribution >= 4 is 28.4 Å². The molecule has 0 aliphatic carbocycles. The summed E-state index contributed by atoms with van der Waals surface area (Å²) >= 11 is 3.65. The van der Waals surface area contributed by atoms with Crippen molar-refractivity contribution in [3.63, 3.8) is 0 Å². The van der Waals surface area contributed by atoms with E-state index in [9.17, 15) is 0 Å². The van der Waals surface area contributed by atoms with Crippen LogP contribution in [0.5, 0.6) is 0 Å². The standard InChI is InChI=1S/C21H18S2/c1-17(22-19-13-7-3-8-14-19)21(18-11-5-2-6-12-18)23-20-15-9-4-10-16-20/h2-16H,1H3/b21-17-. The van der Waals surface area contributed by atoms with Gasteiger partial charge in [-0.3, -0.25) is 0 Å². The summed E-state index contributed by atoms with van der Waals surface area (Å²) in [5.74, 6) is 0. The second-order valence-electron chi connectivity index (χ2n) is 5.08. The zero-order valence-corrected chi connectivity index (χ0v) is 14.6. The van der Waals surface area contributed by atoms with Crippen molar-refractivity contribution in [3.8, 4) is 0 Å². The first-order valence-electron chi connectivity index (χ1n) is 7.55. The third-order valence-electron chi connectivity index (χ3n) is 3.33. The summed E-state index contributed by atoms with van der Waals surface area (Å²) in [5, 5.41) is 0. The Morgan fingerprint density at radius 2 is 1.00 bits per heavy atom. The van der Waals surface area contributed by atoms with Gasteiger partial charge in [0.1, 0.15) is 0 Å². The van der Waals surface area contributed by atoms with Gasteiger partial charge in [-0.05, 0) is 36.8 Å². The van der Waals surface area contributed by atoms with Crippen LogP contribution in [-0.2, 0) is 0 Å². The number of thioether (sulfide) groups is 2. The lowest BCUT2D eigenvalue weighted by molar-refractivity contribution is 1.46. The SMILES string of the molecule is C/C(Sc1ccccc1)=C(/Sc1ccccc1)c1ccccc1. The molecule has 0 nitrogen and oxygen atoms in total. The third-order valence-corrected chi connectivity index (χ3v) is 5.73. The lowest BCUT2D eigenvalue weighted by Crippen LogP contribution is -1.84. The molecule has 0 aliphatic heterocycles. The van der Waals surface area contributed by atoms with Crippen LogP contribution in [0.4, 0.5) is 0 Å². The summed E-state index contributed by atoms with van der Waals surface area (Å²) in [4.78, 5) is 5.16. The van der Waals surface area contributed by atoms with Crippen molar-refractivity contribution in [2.24, 2.45) is 0 Å². The molecule has 0 bridgehead atoms. The van der Waals surface area contributed by atoms with Crippen molar-refractivity contribution < 1.29 is 0 Å². The molecule has 0 atom stereocenters. The number of allylic oxidation sites excluding steroid dienone is 1. The van der Waals surface area contributed by atoms with E-state index in [0.717, 1.165) is 0 Å². The Hall–Kier alpha value is -1.90. The summed E-state index contributed by atoms with van der Waals surface area (Å²) < 4.78 is 0. The van der Waals surface area contributed by atoms with Gasteiger partial charge in [0, 0.05) is 19.6 Å². The first-order valence-corrected chi connectivity index (χ1v) is 9.18. The zero-order chi connectivity index (χ0) is 15.9. The Labute approximate surface area is 146 Å². The normalized spacial score (nSPS) is 11.9. The van der Waals surface area contributed by atoms with Gasteiger partial charge in [0.15, 0.2) is 0 Å². The second kappa shape index (κ2) is 8.09. The first kappa shape index (κ1) is 16.0. The molecule has 0 aromatic heterocycles. The molecule has 3 aromatic carbocycles. The van der Waals surface area contributed by atoms with E-state index in [-0.39, 0.29) is 0 Å². The Balaban J connectivity index is 1.95. The molecule has 0 saturated heterocycles. The molecule has 0 saturated carbocycles. The molecule has 23 heavy (non-hydrogen) atoms. The van der Waals surface area contributed by atoms with Crippen LogP contribution in [0.1, 0.15) is 12.5 Å². The highest BCUT2D eigenvalue weighted by atomic mass is 32.2. The van der Waals surface area contributed by atoms with Crippen molar-refractivity contribution in [2.75, 3.05) is 0 Å². The fourth-order valence-corrected chi connectivity index (χ4v) is 4.28. The molecule has 0 spiro atoms. The monoisotopic (exact) mass is 334 g/mol. The summed E-state index contributed by atoms with van der Waals surface area (Å²) in [5.41, 5.74) is 1.27. The minimum atomic E-state index is 1.26. The number of rotatable bonds is 5. The molecule has 0 aliphatic rings. The minimum absolute atomic E-state index is 1.26. The van der Waals surface area contributed by atoms with Gasteiger partial charge >= 0.3 is 0 Å². The first-order chi connectivity index (χ1) is 11.3. The zero-order valence-electron chi connectivity index (χ0n) is 13.0. The van der Waals surface area contributed by atoms with Gasteiger partial charge in [-0.15, -0.1) is 0 Å². The maximum absolute atomic E-state index is 2.20. The van der Waals surface area contributed by atoms with E-state index in [0.29, 0.717) is 0 Å². The molecule has 2 heteroatoms. The van der Waals surface area contributed by atoms with Crippen LogP contribution in [0.15, 0.2) is 106 Å². The molecule has 0 radical (unpaired) electrons. The van der Waals surface area contributed by atoms with Crippen LogP contribution in [-0.4, -0.2) is 0 Å². The number of hydrogen-bond acceptors (Lipinski definition) is 2. The van der Waals surface area contributed by atoms with Crippen molar-refractivity contribution in [1.82, 2.24) is 0 Å². The van der Waals surface area contributed by atoms with Crippen LogP contribution in [0.2, 0.25) is 0 Å². The lowest BCUT2D eigenvalue weighted by Gasteiger charge is -2.12. The fourth-order valence-electron chi connectivity index (χ4n) is 2.24. The van der Waals surface area contributed by atoms with Gasteiger partial charge in [-0.25, -0.2) is 0 Å². The van der Waals surface area contributed by atoms with E-state index in [2.05, 4.69) is 97.9 Å². The van der Waals surface area contributed by atoms with E-state index in [1.54, 1.807) is 0 Å². The highest BCUT2D eigenvalue weighted by Crippen LogP contribution is 2.41. The van der Waals surface area contributed by atoms with Crippen LogP contribution < -0.4 is 0 Å². The van der Waals surface area contributed by atoms with Gasteiger partial charge in [-0.2, -0.15) is 0 Å². The Bertz CT molecular complexity index is 763. The molecular formula is C21H18S2. The molecule has 0 unspecified atom stereocenters. The van der Waals surface area contributed by atoms with E-state index in [1.807, 2.05) is 23.5 Å². The summed E-state index contributed by atoms with van der Waals surface area (Å²) in [6, 6.07) is 31.7. The number of benzene rings is 3.